The maximum atomic E-state index is 9.36. The Balaban J connectivity index is 2.67. The molecule has 1 saturated heterocycles. The van der Waals surface area contributed by atoms with Crippen LogP contribution in [0.15, 0.2) is 0 Å². The number of nitrogens with two attached hydrogens (primary N) is 1. The highest BCUT2D eigenvalue weighted by Crippen LogP contribution is 2.28. The van der Waals surface area contributed by atoms with E-state index in [4.69, 9.17) is 23.4 Å². The summed E-state index contributed by atoms with van der Waals surface area (Å²) in [6, 6.07) is -0.513. The molecular formula is C6H12BNO3. The van der Waals surface area contributed by atoms with Crippen molar-refractivity contribution < 1.29 is 14.9 Å². The normalized spacial score (nSPS) is 44.6. The van der Waals surface area contributed by atoms with E-state index in [1.165, 1.54) is 0 Å². The zero-order chi connectivity index (χ0) is 8.48. The topological polar surface area (TPSA) is 75.7 Å². The minimum atomic E-state index is -1.03. The molecule has 0 spiro atoms. The van der Waals surface area contributed by atoms with Crippen molar-refractivity contribution in [2.45, 2.75) is 24.1 Å². The number of hydrogen-bond donors (Lipinski definition) is 3. The third-order valence-corrected chi connectivity index (χ3v) is 2.06. The van der Waals surface area contributed by atoms with Crippen molar-refractivity contribution in [2.75, 3.05) is 13.2 Å². The van der Waals surface area contributed by atoms with Crippen molar-refractivity contribution in [1.82, 2.24) is 0 Å². The third-order valence-electron chi connectivity index (χ3n) is 2.06. The summed E-state index contributed by atoms with van der Waals surface area (Å²) in [5.41, 5.74) is 4.30. The summed E-state index contributed by atoms with van der Waals surface area (Å²) in [5.74, 6) is 0. The smallest absolute Gasteiger partial charge is 0.128 e. The van der Waals surface area contributed by atoms with Gasteiger partial charge in [-0.15, -0.1) is 0 Å². The zero-order valence-electron chi connectivity index (χ0n) is 6.23. The molecule has 1 aliphatic heterocycles. The van der Waals surface area contributed by atoms with E-state index in [0.717, 1.165) is 0 Å². The van der Waals surface area contributed by atoms with Crippen LogP contribution < -0.4 is 5.73 Å². The van der Waals surface area contributed by atoms with Crippen molar-refractivity contribution in [2.24, 2.45) is 5.73 Å². The largest absolute Gasteiger partial charge is 0.393 e. The van der Waals surface area contributed by atoms with Gasteiger partial charge in [0.15, 0.2) is 0 Å². The van der Waals surface area contributed by atoms with Crippen LogP contribution in [0.2, 0.25) is 0 Å². The highest BCUT2D eigenvalue weighted by Gasteiger charge is 2.44. The van der Waals surface area contributed by atoms with Crippen molar-refractivity contribution in [3.63, 3.8) is 0 Å². The average Bonchev–Trinajstić information content (AvgIpc) is 2.27. The molecule has 0 amide bonds. The fourth-order valence-corrected chi connectivity index (χ4v) is 1.25. The molecule has 2 radical (unpaired) electrons. The van der Waals surface area contributed by atoms with Crippen LogP contribution in [0.1, 0.15) is 6.42 Å². The number of aliphatic hydroxyl groups excluding tert-OH is 2. The number of aliphatic hydroxyl groups is 2. The summed E-state index contributed by atoms with van der Waals surface area (Å²) in [6.45, 7) is -0.212. The number of rotatable bonds is 2. The Morgan fingerprint density at radius 1 is 1.73 bits per heavy atom. The van der Waals surface area contributed by atoms with E-state index in [9.17, 15) is 5.11 Å². The Bertz CT molecular complexity index is 140. The van der Waals surface area contributed by atoms with Gasteiger partial charge in [-0.3, -0.25) is 0 Å². The summed E-state index contributed by atoms with van der Waals surface area (Å²) in [6.07, 6.45) is -0.426. The van der Waals surface area contributed by atoms with Crippen LogP contribution >= 0.6 is 0 Å². The number of ether oxygens (including phenoxy) is 1. The molecule has 1 aliphatic rings. The van der Waals surface area contributed by atoms with Gasteiger partial charge in [-0.1, -0.05) is 0 Å². The van der Waals surface area contributed by atoms with Crippen molar-refractivity contribution in [3.05, 3.63) is 0 Å². The maximum Gasteiger partial charge on any atom is 0.128 e. The monoisotopic (exact) mass is 157 g/mol. The summed E-state index contributed by atoms with van der Waals surface area (Å²) >= 11 is 0. The number of hydrogen-bond acceptors (Lipinski definition) is 4. The molecule has 0 aromatic heterocycles. The lowest BCUT2D eigenvalue weighted by Gasteiger charge is -2.28. The van der Waals surface area contributed by atoms with Gasteiger partial charge < -0.3 is 20.7 Å². The first-order chi connectivity index (χ1) is 5.14. The van der Waals surface area contributed by atoms with E-state index in [1.807, 2.05) is 0 Å². The molecule has 1 rings (SSSR count). The predicted molar refractivity (Wildman–Crippen MR) is 40.1 cm³/mol. The predicted octanol–water partition coefficient (Wildman–Crippen LogP) is -2.05. The van der Waals surface area contributed by atoms with Crippen molar-refractivity contribution in [3.8, 4) is 0 Å². The first kappa shape index (κ1) is 9.00. The van der Waals surface area contributed by atoms with Crippen LogP contribution in [0, 0.1) is 0 Å². The minimum Gasteiger partial charge on any atom is -0.393 e. The minimum absolute atomic E-state index is 0.0817. The Morgan fingerprint density at radius 3 is 2.55 bits per heavy atom. The fraction of sp³-hybridized carbons (Fsp3) is 1.00. The first-order valence-corrected chi connectivity index (χ1v) is 3.57. The van der Waals surface area contributed by atoms with Gasteiger partial charge in [-0.2, -0.15) is 0 Å². The molecule has 62 valence electrons. The van der Waals surface area contributed by atoms with Gasteiger partial charge in [-0.25, -0.2) is 0 Å². The summed E-state index contributed by atoms with van der Waals surface area (Å²) in [5, 5.41) is 18.2. The highest BCUT2D eigenvalue weighted by molar-refractivity contribution is 6.11. The van der Waals surface area contributed by atoms with Crippen LogP contribution in [0.5, 0.6) is 0 Å². The highest BCUT2D eigenvalue weighted by atomic mass is 16.5. The van der Waals surface area contributed by atoms with Gasteiger partial charge in [0.25, 0.3) is 0 Å². The first-order valence-electron chi connectivity index (χ1n) is 3.57. The Labute approximate surface area is 66.8 Å². The van der Waals surface area contributed by atoms with Crippen molar-refractivity contribution in [1.29, 1.82) is 0 Å². The van der Waals surface area contributed by atoms with E-state index in [0.29, 0.717) is 6.42 Å². The third kappa shape index (κ3) is 1.42. The van der Waals surface area contributed by atoms with Crippen LogP contribution in [-0.4, -0.2) is 48.9 Å². The molecule has 0 aromatic rings. The fourth-order valence-electron chi connectivity index (χ4n) is 1.25. The van der Waals surface area contributed by atoms with Crippen LogP contribution in [0.3, 0.4) is 0 Å². The molecule has 0 saturated carbocycles. The molecule has 3 atom stereocenters. The van der Waals surface area contributed by atoms with Crippen LogP contribution in [-0.2, 0) is 4.74 Å². The molecule has 4 N–H and O–H groups in total. The van der Waals surface area contributed by atoms with E-state index < -0.39 is 17.7 Å². The molecule has 1 unspecified atom stereocenters. The molecule has 1 heterocycles. The second kappa shape index (κ2) is 3.10. The summed E-state index contributed by atoms with van der Waals surface area (Å²) in [4.78, 5) is 0. The molecule has 1 fully saturated rings. The quantitative estimate of drug-likeness (QED) is 0.403. The SMILES string of the molecule is [B][C@H]1CC(O)[C@](CN)(CO)O1. The summed E-state index contributed by atoms with van der Waals surface area (Å²) < 4.78 is 5.11. The lowest BCUT2D eigenvalue weighted by atomic mass is 9.92. The molecule has 4 nitrogen and oxygen atoms in total. The molecule has 11 heavy (non-hydrogen) atoms. The Hall–Kier alpha value is -0.0951. The van der Waals surface area contributed by atoms with Gasteiger partial charge in [0, 0.05) is 12.5 Å². The molecule has 0 aliphatic carbocycles. The Kier molecular flexibility index (Phi) is 2.54. The molecule has 5 heteroatoms. The second-order valence-electron chi connectivity index (χ2n) is 2.83. The van der Waals surface area contributed by atoms with E-state index in [-0.39, 0.29) is 13.2 Å². The summed E-state index contributed by atoms with van der Waals surface area (Å²) in [7, 11) is 5.40. The average molecular weight is 157 g/mol. The van der Waals surface area contributed by atoms with Gasteiger partial charge in [0.1, 0.15) is 13.4 Å². The Morgan fingerprint density at radius 2 is 2.36 bits per heavy atom. The maximum absolute atomic E-state index is 9.36. The lowest BCUT2D eigenvalue weighted by Crippen LogP contribution is -2.49. The van der Waals surface area contributed by atoms with Crippen molar-refractivity contribution >= 4 is 7.85 Å². The molecular weight excluding hydrogens is 145 g/mol. The standard InChI is InChI=1S/C6H12BNO3/c7-5-1-4(10)6(2-8,3-9)11-5/h4-5,9-10H,1-3,8H2/t4?,5-,6+/m1/s1. The van der Waals surface area contributed by atoms with Gasteiger partial charge in [-0.05, 0) is 6.42 Å². The second-order valence-corrected chi connectivity index (χ2v) is 2.83. The van der Waals surface area contributed by atoms with Gasteiger partial charge in [0.2, 0.25) is 0 Å². The van der Waals surface area contributed by atoms with E-state index in [1.54, 1.807) is 0 Å². The van der Waals surface area contributed by atoms with E-state index >= 15 is 0 Å². The van der Waals surface area contributed by atoms with E-state index in [2.05, 4.69) is 0 Å². The molecule has 0 bridgehead atoms. The lowest BCUT2D eigenvalue weighted by molar-refractivity contribution is -0.0902. The zero-order valence-corrected chi connectivity index (χ0v) is 6.23. The molecule has 0 aromatic carbocycles. The van der Waals surface area contributed by atoms with Crippen LogP contribution in [0.4, 0.5) is 0 Å². The van der Waals surface area contributed by atoms with Gasteiger partial charge in [0.05, 0.1) is 12.7 Å². The van der Waals surface area contributed by atoms with Crippen LogP contribution in [0.25, 0.3) is 0 Å². The van der Waals surface area contributed by atoms with Gasteiger partial charge >= 0.3 is 0 Å².